The van der Waals surface area contributed by atoms with Gasteiger partial charge in [0.05, 0.1) is 23.6 Å². The fourth-order valence-electron chi connectivity index (χ4n) is 1.99. The molecule has 0 bridgehead atoms. The van der Waals surface area contributed by atoms with E-state index in [0.29, 0.717) is 5.56 Å². The third kappa shape index (κ3) is 2.38. The number of furan rings is 1. The van der Waals surface area contributed by atoms with Crippen LogP contribution < -0.4 is 5.32 Å². The highest BCUT2D eigenvalue weighted by Gasteiger charge is 2.14. The topological polar surface area (TPSA) is 49.0 Å². The highest BCUT2D eigenvalue weighted by atomic mass is 16.3. The van der Waals surface area contributed by atoms with Crippen molar-refractivity contribution in [1.82, 2.24) is 0 Å². The van der Waals surface area contributed by atoms with Gasteiger partial charge in [-0.15, -0.1) is 0 Å². The summed E-state index contributed by atoms with van der Waals surface area (Å²) in [5.41, 5.74) is 2.54. The van der Waals surface area contributed by atoms with Crippen molar-refractivity contribution in [3.63, 3.8) is 0 Å². The van der Waals surface area contributed by atoms with Crippen molar-refractivity contribution in [3.8, 4) is 6.07 Å². The lowest BCUT2D eigenvalue weighted by molar-refractivity contribution is 0.474. The average Bonchev–Trinajstić information content (AvgIpc) is 2.89. The summed E-state index contributed by atoms with van der Waals surface area (Å²) in [5, 5.41) is 12.6. The Labute approximate surface area is 107 Å². The number of anilines is 1. The summed E-state index contributed by atoms with van der Waals surface area (Å²) < 4.78 is 5.42. The molecule has 2 rings (SSSR count). The molecule has 0 amide bonds. The van der Waals surface area contributed by atoms with Crippen molar-refractivity contribution < 1.29 is 4.42 Å². The van der Waals surface area contributed by atoms with Gasteiger partial charge in [0.1, 0.15) is 11.8 Å². The minimum Gasteiger partial charge on any atom is -0.467 e. The van der Waals surface area contributed by atoms with Crippen LogP contribution in [-0.4, -0.2) is 0 Å². The molecule has 1 heterocycles. The number of benzene rings is 1. The van der Waals surface area contributed by atoms with E-state index < -0.39 is 0 Å². The second-order valence-electron chi connectivity index (χ2n) is 4.23. The first-order valence-electron chi connectivity index (χ1n) is 6.06. The molecule has 1 unspecified atom stereocenters. The molecule has 0 radical (unpaired) electrons. The highest BCUT2D eigenvalue weighted by molar-refractivity contribution is 5.61. The first kappa shape index (κ1) is 12.3. The summed E-state index contributed by atoms with van der Waals surface area (Å²) in [5.74, 6) is 0.892. The summed E-state index contributed by atoms with van der Waals surface area (Å²) in [6, 6.07) is 12.0. The van der Waals surface area contributed by atoms with Crippen LogP contribution in [0.4, 0.5) is 5.69 Å². The molecular formula is C15H16N2O. The number of hydrogen-bond donors (Lipinski definition) is 1. The Balaban J connectivity index is 2.29. The number of aryl methyl sites for hydroxylation is 1. The molecule has 1 aromatic carbocycles. The van der Waals surface area contributed by atoms with Crippen LogP contribution in [0.25, 0.3) is 0 Å². The molecular weight excluding hydrogens is 224 g/mol. The van der Waals surface area contributed by atoms with E-state index in [0.717, 1.165) is 23.4 Å². The van der Waals surface area contributed by atoms with Gasteiger partial charge in [-0.1, -0.05) is 19.1 Å². The normalized spacial score (nSPS) is 11.8. The molecule has 2 aromatic rings. The molecule has 0 fully saturated rings. The zero-order valence-electron chi connectivity index (χ0n) is 10.6. The van der Waals surface area contributed by atoms with E-state index in [-0.39, 0.29) is 6.04 Å². The van der Waals surface area contributed by atoms with E-state index >= 15 is 0 Å². The summed E-state index contributed by atoms with van der Waals surface area (Å²) in [4.78, 5) is 0. The molecule has 0 aliphatic carbocycles. The van der Waals surface area contributed by atoms with Crippen molar-refractivity contribution in [2.24, 2.45) is 0 Å². The van der Waals surface area contributed by atoms with Gasteiger partial charge in [0.2, 0.25) is 0 Å². The summed E-state index contributed by atoms with van der Waals surface area (Å²) >= 11 is 0. The van der Waals surface area contributed by atoms with Crippen molar-refractivity contribution in [2.75, 3.05) is 5.32 Å². The van der Waals surface area contributed by atoms with Crippen LogP contribution in [0.3, 0.4) is 0 Å². The predicted octanol–water partition coefficient (Wildman–Crippen LogP) is 4.02. The maximum absolute atomic E-state index is 9.20. The maximum Gasteiger partial charge on any atom is 0.125 e. The lowest BCUT2D eigenvalue weighted by Gasteiger charge is -2.17. The zero-order valence-corrected chi connectivity index (χ0v) is 10.6. The standard InChI is InChI=1S/C15H16N2O/c1-3-13(15-8-5-9-18-15)17-14-7-4-6-11(2)12(14)10-16/h4-9,13,17H,3H2,1-2H3. The van der Waals surface area contributed by atoms with E-state index in [4.69, 9.17) is 4.42 Å². The molecule has 0 aliphatic heterocycles. The SMILES string of the molecule is CCC(Nc1cccc(C)c1C#N)c1ccco1. The number of hydrogen-bond acceptors (Lipinski definition) is 3. The molecule has 0 spiro atoms. The van der Waals surface area contributed by atoms with Gasteiger partial charge in [-0.25, -0.2) is 0 Å². The molecule has 3 nitrogen and oxygen atoms in total. The van der Waals surface area contributed by atoms with Gasteiger partial charge < -0.3 is 9.73 Å². The summed E-state index contributed by atoms with van der Waals surface area (Å²) in [6.07, 6.45) is 2.56. The van der Waals surface area contributed by atoms with Gasteiger partial charge in [0, 0.05) is 0 Å². The van der Waals surface area contributed by atoms with Crippen LogP contribution in [0.15, 0.2) is 41.0 Å². The van der Waals surface area contributed by atoms with Crippen LogP contribution in [0.2, 0.25) is 0 Å². The second-order valence-corrected chi connectivity index (χ2v) is 4.23. The Morgan fingerprint density at radius 2 is 2.17 bits per heavy atom. The number of nitrogens with zero attached hydrogens (tertiary/aromatic N) is 1. The Hall–Kier alpha value is -2.21. The summed E-state index contributed by atoms with van der Waals surface area (Å²) in [6.45, 7) is 4.03. The lowest BCUT2D eigenvalue weighted by atomic mass is 10.1. The molecule has 1 N–H and O–H groups in total. The van der Waals surface area contributed by atoms with Gasteiger partial charge in [-0.2, -0.15) is 5.26 Å². The first-order valence-corrected chi connectivity index (χ1v) is 6.06. The monoisotopic (exact) mass is 240 g/mol. The third-order valence-corrected chi connectivity index (χ3v) is 3.01. The molecule has 0 saturated heterocycles. The largest absolute Gasteiger partial charge is 0.467 e. The van der Waals surface area contributed by atoms with Crippen molar-refractivity contribution in [2.45, 2.75) is 26.3 Å². The lowest BCUT2D eigenvalue weighted by Crippen LogP contribution is -2.10. The molecule has 18 heavy (non-hydrogen) atoms. The van der Waals surface area contributed by atoms with Crippen molar-refractivity contribution in [3.05, 3.63) is 53.5 Å². The summed E-state index contributed by atoms with van der Waals surface area (Å²) in [7, 11) is 0. The number of nitriles is 1. The van der Waals surface area contributed by atoms with Gasteiger partial charge in [-0.05, 0) is 37.1 Å². The zero-order chi connectivity index (χ0) is 13.0. The van der Waals surface area contributed by atoms with Crippen LogP contribution in [0.1, 0.15) is 36.3 Å². The Morgan fingerprint density at radius 3 is 2.78 bits per heavy atom. The van der Waals surface area contributed by atoms with E-state index in [1.165, 1.54) is 0 Å². The molecule has 1 aromatic heterocycles. The van der Waals surface area contributed by atoms with Crippen LogP contribution in [0.5, 0.6) is 0 Å². The van der Waals surface area contributed by atoms with Crippen LogP contribution >= 0.6 is 0 Å². The smallest absolute Gasteiger partial charge is 0.125 e. The van der Waals surface area contributed by atoms with Gasteiger partial charge in [0.15, 0.2) is 0 Å². The van der Waals surface area contributed by atoms with Crippen molar-refractivity contribution >= 4 is 5.69 Å². The molecule has 0 saturated carbocycles. The predicted molar refractivity (Wildman–Crippen MR) is 71.3 cm³/mol. The quantitative estimate of drug-likeness (QED) is 0.877. The molecule has 1 atom stereocenters. The molecule has 0 aliphatic rings. The minimum atomic E-state index is 0.0916. The number of nitrogens with one attached hydrogen (secondary N) is 1. The average molecular weight is 240 g/mol. The van der Waals surface area contributed by atoms with Gasteiger partial charge in [0.25, 0.3) is 0 Å². The van der Waals surface area contributed by atoms with Crippen molar-refractivity contribution in [1.29, 1.82) is 5.26 Å². The Kier molecular flexibility index (Phi) is 3.69. The minimum absolute atomic E-state index is 0.0916. The molecule has 92 valence electrons. The molecule has 3 heteroatoms. The van der Waals surface area contributed by atoms with E-state index in [2.05, 4.69) is 18.3 Å². The third-order valence-electron chi connectivity index (χ3n) is 3.01. The number of rotatable bonds is 4. The van der Waals surface area contributed by atoms with E-state index in [1.807, 2.05) is 37.3 Å². The Bertz CT molecular complexity index is 552. The van der Waals surface area contributed by atoms with Crippen LogP contribution in [-0.2, 0) is 0 Å². The highest BCUT2D eigenvalue weighted by Crippen LogP contribution is 2.26. The van der Waals surface area contributed by atoms with E-state index in [1.54, 1.807) is 6.26 Å². The fourth-order valence-corrected chi connectivity index (χ4v) is 1.99. The Morgan fingerprint density at radius 1 is 1.33 bits per heavy atom. The van der Waals surface area contributed by atoms with Crippen LogP contribution in [0, 0.1) is 18.3 Å². The first-order chi connectivity index (χ1) is 8.76. The van der Waals surface area contributed by atoms with Gasteiger partial charge in [-0.3, -0.25) is 0 Å². The maximum atomic E-state index is 9.20. The van der Waals surface area contributed by atoms with E-state index in [9.17, 15) is 5.26 Å². The second kappa shape index (κ2) is 5.42. The fraction of sp³-hybridized carbons (Fsp3) is 0.267. The van der Waals surface area contributed by atoms with Gasteiger partial charge >= 0.3 is 0 Å².